The van der Waals surface area contributed by atoms with Crippen molar-refractivity contribution < 1.29 is 4.74 Å². The van der Waals surface area contributed by atoms with Gasteiger partial charge in [-0.2, -0.15) is 0 Å². The van der Waals surface area contributed by atoms with Gasteiger partial charge in [0.05, 0.1) is 18.0 Å². The highest BCUT2D eigenvalue weighted by Crippen LogP contribution is 2.30. The van der Waals surface area contributed by atoms with Gasteiger partial charge < -0.3 is 15.0 Å². The Hall–Kier alpha value is -1.69. The number of nitrogens with one attached hydrogen (secondary N) is 2. The van der Waals surface area contributed by atoms with Crippen LogP contribution in [0.25, 0.3) is 11.2 Å². The molecule has 0 spiro atoms. The fourth-order valence-electron chi connectivity index (χ4n) is 2.13. The lowest BCUT2D eigenvalue weighted by molar-refractivity contribution is 0.105. The van der Waals surface area contributed by atoms with Crippen molar-refractivity contribution >= 4 is 17.0 Å². The van der Waals surface area contributed by atoms with Crippen LogP contribution < -0.4 is 5.32 Å². The zero-order valence-electron chi connectivity index (χ0n) is 9.90. The summed E-state index contributed by atoms with van der Waals surface area (Å²) in [6.07, 6.45) is 4.28. The van der Waals surface area contributed by atoms with Crippen molar-refractivity contribution in [1.29, 1.82) is 0 Å². The predicted molar refractivity (Wildman–Crippen MR) is 63.7 cm³/mol. The summed E-state index contributed by atoms with van der Waals surface area (Å²) in [5, 5.41) is 3.45. The maximum Gasteiger partial charge on any atom is 0.182 e. The maximum absolute atomic E-state index is 5.60. The molecular weight excluding hydrogens is 218 g/mol. The van der Waals surface area contributed by atoms with E-state index in [4.69, 9.17) is 4.74 Å². The molecule has 0 amide bonds. The Labute approximate surface area is 98.8 Å². The zero-order chi connectivity index (χ0) is 11.9. The third-order valence-electron chi connectivity index (χ3n) is 3.51. The van der Waals surface area contributed by atoms with Crippen LogP contribution in [0.3, 0.4) is 0 Å². The van der Waals surface area contributed by atoms with Crippen molar-refractivity contribution in [3.63, 3.8) is 0 Å². The minimum Gasteiger partial charge on any atom is -0.376 e. The number of anilines is 1. The topological polar surface area (TPSA) is 75.7 Å². The number of ether oxygens (including phenoxy) is 1. The minimum atomic E-state index is -0.0909. The van der Waals surface area contributed by atoms with E-state index in [9.17, 15) is 0 Å². The number of aromatic amines is 1. The summed E-state index contributed by atoms with van der Waals surface area (Å²) in [4.78, 5) is 15.5. The number of imidazole rings is 1. The van der Waals surface area contributed by atoms with Gasteiger partial charge in [-0.3, -0.25) is 0 Å². The fraction of sp³-hybridized carbons (Fsp3) is 0.545. The lowest BCUT2D eigenvalue weighted by atomic mass is 9.95. The van der Waals surface area contributed by atoms with Crippen LogP contribution >= 0.6 is 0 Å². The number of aromatic nitrogens is 4. The molecule has 0 aromatic carbocycles. The largest absolute Gasteiger partial charge is 0.376 e. The van der Waals surface area contributed by atoms with Crippen molar-refractivity contribution in [2.75, 3.05) is 11.9 Å². The molecule has 2 aromatic heterocycles. The molecule has 17 heavy (non-hydrogen) atoms. The van der Waals surface area contributed by atoms with Crippen LogP contribution in [0.4, 0.5) is 5.82 Å². The number of rotatable bonds is 2. The molecule has 0 bridgehead atoms. The maximum atomic E-state index is 5.60. The molecule has 2 atom stereocenters. The summed E-state index contributed by atoms with van der Waals surface area (Å²) < 4.78 is 5.60. The van der Waals surface area contributed by atoms with E-state index in [1.165, 1.54) is 6.33 Å². The lowest BCUT2D eigenvalue weighted by Gasteiger charge is -2.29. The molecule has 3 heterocycles. The van der Waals surface area contributed by atoms with Gasteiger partial charge in [0.25, 0.3) is 0 Å². The molecule has 0 aliphatic carbocycles. The lowest BCUT2D eigenvalue weighted by Crippen LogP contribution is -2.41. The van der Waals surface area contributed by atoms with Gasteiger partial charge in [-0.1, -0.05) is 0 Å². The quantitative estimate of drug-likeness (QED) is 0.818. The summed E-state index contributed by atoms with van der Waals surface area (Å²) in [6.45, 7) is 5.00. The normalized spacial score (nSPS) is 28.7. The molecule has 2 unspecified atom stereocenters. The van der Waals surface area contributed by atoms with Gasteiger partial charge in [-0.05, 0) is 20.3 Å². The highest BCUT2D eigenvalue weighted by molar-refractivity contribution is 5.82. The average molecular weight is 233 g/mol. The van der Waals surface area contributed by atoms with Gasteiger partial charge in [0.15, 0.2) is 11.5 Å². The molecular formula is C11H15N5O. The van der Waals surface area contributed by atoms with E-state index in [1.54, 1.807) is 6.33 Å². The summed E-state index contributed by atoms with van der Waals surface area (Å²) in [6, 6.07) is 0. The fourth-order valence-corrected chi connectivity index (χ4v) is 2.13. The monoisotopic (exact) mass is 233 g/mol. The number of H-pyrrole nitrogens is 1. The van der Waals surface area contributed by atoms with Crippen molar-refractivity contribution in [3.8, 4) is 0 Å². The average Bonchev–Trinajstić information content (AvgIpc) is 2.88. The van der Waals surface area contributed by atoms with E-state index in [0.717, 1.165) is 24.4 Å². The number of hydrogen-bond donors (Lipinski definition) is 2. The van der Waals surface area contributed by atoms with Crippen LogP contribution in [0.1, 0.15) is 20.3 Å². The summed E-state index contributed by atoms with van der Waals surface area (Å²) in [7, 11) is 0. The Balaban J connectivity index is 1.97. The number of fused-ring (bicyclic) bond motifs is 1. The predicted octanol–water partition coefficient (Wildman–Crippen LogP) is 1.33. The molecule has 0 saturated carbocycles. The first-order chi connectivity index (χ1) is 8.19. The van der Waals surface area contributed by atoms with Crippen LogP contribution in [-0.2, 0) is 4.74 Å². The number of nitrogens with zero attached hydrogens (tertiary/aromatic N) is 3. The Kier molecular flexibility index (Phi) is 2.25. The van der Waals surface area contributed by atoms with Crippen molar-refractivity contribution in [3.05, 3.63) is 12.7 Å². The molecule has 3 rings (SSSR count). The number of hydrogen-bond acceptors (Lipinski definition) is 5. The first kappa shape index (κ1) is 10.5. The Morgan fingerprint density at radius 3 is 3.12 bits per heavy atom. The van der Waals surface area contributed by atoms with Gasteiger partial charge >= 0.3 is 0 Å². The van der Waals surface area contributed by atoms with E-state index in [-0.39, 0.29) is 11.6 Å². The minimum absolute atomic E-state index is 0.0909. The van der Waals surface area contributed by atoms with E-state index in [1.807, 2.05) is 0 Å². The molecule has 2 N–H and O–H groups in total. The molecule has 1 aliphatic rings. The van der Waals surface area contributed by atoms with Crippen molar-refractivity contribution in [2.24, 2.45) is 0 Å². The third kappa shape index (κ3) is 1.64. The Bertz CT molecular complexity index is 539. The molecule has 2 aromatic rings. The second-order valence-corrected chi connectivity index (χ2v) is 4.63. The molecule has 6 nitrogen and oxygen atoms in total. The standard InChI is InChI=1S/C11H15N5O/c1-7-11(2,3-4-17-7)16-10-8-9(13-5-12-8)14-6-15-10/h5-7H,3-4H2,1-2H3,(H2,12,13,14,15,16). The Morgan fingerprint density at radius 1 is 1.47 bits per heavy atom. The van der Waals surface area contributed by atoms with Crippen LogP contribution in [0.15, 0.2) is 12.7 Å². The smallest absolute Gasteiger partial charge is 0.182 e. The van der Waals surface area contributed by atoms with E-state index < -0.39 is 0 Å². The zero-order valence-corrected chi connectivity index (χ0v) is 9.90. The highest BCUT2D eigenvalue weighted by Gasteiger charge is 2.37. The van der Waals surface area contributed by atoms with Crippen molar-refractivity contribution in [2.45, 2.75) is 31.9 Å². The molecule has 1 saturated heterocycles. The molecule has 90 valence electrons. The van der Waals surface area contributed by atoms with Gasteiger partial charge in [0.1, 0.15) is 11.8 Å². The van der Waals surface area contributed by atoms with E-state index in [0.29, 0.717) is 5.65 Å². The van der Waals surface area contributed by atoms with Gasteiger partial charge in [0.2, 0.25) is 0 Å². The third-order valence-corrected chi connectivity index (χ3v) is 3.51. The van der Waals surface area contributed by atoms with E-state index in [2.05, 4.69) is 39.1 Å². The Morgan fingerprint density at radius 2 is 2.35 bits per heavy atom. The molecule has 0 radical (unpaired) electrons. The SMILES string of the molecule is CC1OCCC1(C)Nc1ncnc2nc[nH]c12. The molecule has 1 aliphatic heterocycles. The summed E-state index contributed by atoms with van der Waals surface area (Å²) in [5.41, 5.74) is 1.43. The summed E-state index contributed by atoms with van der Waals surface area (Å²) in [5.74, 6) is 0.785. The van der Waals surface area contributed by atoms with Crippen LogP contribution in [0.2, 0.25) is 0 Å². The van der Waals surface area contributed by atoms with Gasteiger partial charge in [-0.15, -0.1) is 0 Å². The van der Waals surface area contributed by atoms with Gasteiger partial charge in [0, 0.05) is 6.61 Å². The second-order valence-electron chi connectivity index (χ2n) is 4.63. The van der Waals surface area contributed by atoms with Crippen LogP contribution in [0, 0.1) is 0 Å². The summed E-state index contributed by atoms with van der Waals surface area (Å²) >= 11 is 0. The first-order valence-corrected chi connectivity index (χ1v) is 5.73. The van der Waals surface area contributed by atoms with Crippen LogP contribution in [0.5, 0.6) is 0 Å². The second kappa shape index (κ2) is 3.66. The molecule has 1 fully saturated rings. The van der Waals surface area contributed by atoms with E-state index >= 15 is 0 Å². The first-order valence-electron chi connectivity index (χ1n) is 5.73. The van der Waals surface area contributed by atoms with Crippen molar-refractivity contribution in [1.82, 2.24) is 19.9 Å². The van der Waals surface area contributed by atoms with Gasteiger partial charge in [-0.25, -0.2) is 15.0 Å². The van der Waals surface area contributed by atoms with Crippen LogP contribution in [-0.4, -0.2) is 38.2 Å². The highest BCUT2D eigenvalue weighted by atomic mass is 16.5. The molecule has 6 heteroatoms.